The van der Waals surface area contributed by atoms with Crippen molar-refractivity contribution >= 4 is 17.3 Å². The molecule has 0 unspecified atom stereocenters. The summed E-state index contributed by atoms with van der Waals surface area (Å²) in [6.45, 7) is -0.227. The second-order valence-corrected chi connectivity index (χ2v) is 4.61. The highest BCUT2D eigenvalue weighted by Gasteiger charge is 2.20. The zero-order chi connectivity index (χ0) is 17.7. The van der Waals surface area contributed by atoms with Crippen molar-refractivity contribution in [2.45, 2.75) is 6.61 Å². The molecule has 0 radical (unpaired) electrons. The highest BCUT2D eigenvalue weighted by atomic mass is 16.6. The third-order valence-corrected chi connectivity index (χ3v) is 3.15. The van der Waals surface area contributed by atoms with Gasteiger partial charge in [-0.25, -0.2) is 4.79 Å². The summed E-state index contributed by atoms with van der Waals surface area (Å²) in [5.74, 6) is -0.825. The maximum atomic E-state index is 11.4. The van der Waals surface area contributed by atoms with E-state index in [0.29, 0.717) is 0 Å². The Labute approximate surface area is 135 Å². The van der Waals surface area contributed by atoms with Gasteiger partial charge in [-0.3, -0.25) is 20.2 Å². The molecule has 2 aromatic rings. The molecular formula is C15H12N2O7. The number of esters is 1. The van der Waals surface area contributed by atoms with Crippen LogP contribution in [0.25, 0.3) is 0 Å². The van der Waals surface area contributed by atoms with Crippen molar-refractivity contribution in [3.63, 3.8) is 0 Å². The lowest BCUT2D eigenvalue weighted by Crippen LogP contribution is -2.05. The van der Waals surface area contributed by atoms with Crippen LogP contribution in [-0.2, 0) is 11.3 Å². The van der Waals surface area contributed by atoms with Crippen LogP contribution in [0.1, 0.15) is 15.9 Å². The van der Waals surface area contributed by atoms with Crippen LogP contribution in [-0.4, -0.2) is 22.9 Å². The number of hydrogen-bond acceptors (Lipinski definition) is 7. The topological polar surface area (TPSA) is 122 Å². The van der Waals surface area contributed by atoms with Crippen LogP contribution in [0.15, 0.2) is 42.5 Å². The number of nitro benzene ring substituents is 2. The molecule has 0 spiro atoms. The first kappa shape index (κ1) is 16.9. The number of hydrogen-bond donors (Lipinski definition) is 0. The summed E-state index contributed by atoms with van der Waals surface area (Å²) >= 11 is 0. The van der Waals surface area contributed by atoms with Crippen molar-refractivity contribution in [1.29, 1.82) is 0 Å². The highest BCUT2D eigenvalue weighted by Crippen LogP contribution is 2.30. The van der Waals surface area contributed by atoms with Crippen LogP contribution in [0.5, 0.6) is 5.75 Å². The highest BCUT2D eigenvalue weighted by molar-refractivity contribution is 5.90. The summed E-state index contributed by atoms with van der Waals surface area (Å²) in [6, 6.07) is 9.50. The van der Waals surface area contributed by atoms with Crippen LogP contribution < -0.4 is 4.74 Å². The molecule has 0 saturated heterocycles. The van der Waals surface area contributed by atoms with Gasteiger partial charge in [0.25, 0.3) is 5.69 Å². The number of methoxy groups -OCH3 is 1. The van der Waals surface area contributed by atoms with Gasteiger partial charge in [-0.1, -0.05) is 12.1 Å². The van der Waals surface area contributed by atoms with Gasteiger partial charge in [0, 0.05) is 12.1 Å². The van der Waals surface area contributed by atoms with Gasteiger partial charge >= 0.3 is 11.7 Å². The first-order valence-corrected chi connectivity index (χ1v) is 6.66. The molecule has 0 bridgehead atoms. The fraction of sp³-hybridized carbons (Fsp3) is 0.133. The van der Waals surface area contributed by atoms with Crippen LogP contribution >= 0.6 is 0 Å². The second-order valence-electron chi connectivity index (χ2n) is 4.61. The molecule has 0 N–H and O–H groups in total. The smallest absolute Gasteiger partial charge is 0.338 e. The molecule has 9 nitrogen and oxygen atoms in total. The SMILES string of the molecule is COC(=O)c1ccc(OCc2ccccc2[N+](=O)[O-])c([N+](=O)[O-])c1. The van der Waals surface area contributed by atoms with E-state index in [1.807, 2.05) is 0 Å². The number of ether oxygens (including phenoxy) is 2. The van der Waals surface area contributed by atoms with E-state index in [-0.39, 0.29) is 29.2 Å². The number of carbonyl (C=O) groups is 1. The standard InChI is InChI=1S/C15H12N2O7/c1-23-15(18)10-6-7-14(13(8-10)17(21)22)24-9-11-4-2-3-5-12(11)16(19)20/h2-8H,9H2,1H3. The quantitative estimate of drug-likeness (QED) is 0.453. The van der Waals surface area contributed by atoms with E-state index in [2.05, 4.69) is 4.74 Å². The number of rotatable bonds is 6. The Kier molecular flexibility index (Phi) is 5.05. The number of benzene rings is 2. The minimum absolute atomic E-state index is 0.00208. The molecule has 0 saturated carbocycles. The monoisotopic (exact) mass is 332 g/mol. The van der Waals surface area contributed by atoms with E-state index < -0.39 is 21.5 Å². The van der Waals surface area contributed by atoms with E-state index in [1.165, 1.54) is 30.3 Å². The number of carbonyl (C=O) groups excluding carboxylic acids is 1. The summed E-state index contributed by atoms with van der Waals surface area (Å²) in [5, 5.41) is 22.1. The lowest BCUT2D eigenvalue weighted by atomic mass is 10.2. The lowest BCUT2D eigenvalue weighted by molar-refractivity contribution is -0.387. The molecule has 124 valence electrons. The average molecular weight is 332 g/mol. The van der Waals surface area contributed by atoms with Crippen molar-refractivity contribution in [3.8, 4) is 5.75 Å². The number of nitro groups is 2. The molecule has 0 aromatic heterocycles. The summed E-state index contributed by atoms with van der Waals surface area (Å²) in [6.07, 6.45) is 0. The van der Waals surface area contributed by atoms with Crippen molar-refractivity contribution in [1.82, 2.24) is 0 Å². The predicted molar refractivity (Wildman–Crippen MR) is 81.9 cm³/mol. The summed E-state index contributed by atoms with van der Waals surface area (Å²) in [4.78, 5) is 32.3. The van der Waals surface area contributed by atoms with Gasteiger partial charge in [-0.05, 0) is 18.2 Å². The molecule has 0 aliphatic carbocycles. The molecule has 0 amide bonds. The maximum absolute atomic E-state index is 11.4. The predicted octanol–water partition coefficient (Wildman–Crippen LogP) is 2.87. The molecule has 0 heterocycles. The average Bonchev–Trinajstić information content (AvgIpc) is 2.59. The molecule has 0 aliphatic heterocycles. The van der Waals surface area contributed by atoms with Gasteiger partial charge in [0.1, 0.15) is 6.61 Å². The molecule has 0 fully saturated rings. The van der Waals surface area contributed by atoms with E-state index >= 15 is 0 Å². The fourth-order valence-corrected chi connectivity index (χ4v) is 1.99. The first-order chi connectivity index (χ1) is 11.4. The largest absolute Gasteiger partial charge is 0.482 e. The molecule has 0 aliphatic rings. The Hall–Kier alpha value is -3.49. The molecule has 24 heavy (non-hydrogen) atoms. The number of para-hydroxylation sites is 1. The van der Waals surface area contributed by atoms with Crippen LogP contribution in [0.3, 0.4) is 0 Å². The minimum atomic E-state index is -0.719. The summed E-state index contributed by atoms with van der Waals surface area (Å²) < 4.78 is 9.85. The van der Waals surface area contributed by atoms with Gasteiger partial charge in [0.05, 0.1) is 28.1 Å². The van der Waals surface area contributed by atoms with Gasteiger partial charge in [0.2, 0.25) is 0 Å². The second kappa shape index (κ2) is 7.18. The van der Waals surface area contributed by atoms with Crippen LogP contribution in [0.4, 0.5) is 11.4 Å². The molecular weight excluding hydrogens is 320 g/mol. The third kappa shape index (κ3) is 3.64. The number of nitrogens with zero attached hydrogens (tertiary/aromatic N) is 2. The van der Waals surface area contributed by atoms with Crippen molar-refractivity contribution < 1.29 is 24.1 Å². The third-order valence-electron chi connectivity index (χ3n) is 3.15. The van der Waals surface area contributed by atoms with E-state index in [9.17, 15) is 25.0 Å². The Balaban J connectivity index is 2.29. The maximum Gasteiger partial charge on any atom is 0.338 e. The molecule has 9 heteroatoms. The molecule has 2 aromatic carbocycles. The van der Waals surface area contributed by atoms with Gasteiger partial charge < -0.3 is 9.47 Å². The minimum Gasteiger partial charge on any atom is -0.482 e. The Morgan fingerprint density at radius 1 is 1.04 bits per heavy atom. The zero-order valence-electron chi connectivity index (χ0n) is 12.5. The normalized spacial score (nSPS) is 10.0. The van der Waals surface area contributed by atoms with Crippen LogP contribution in [0.2, 0.25) is 0 Å². The van der Waals surface area contributed by atoms with Crippen molar-refractivity contribution in [2.75, 3.05) is 7.11 Å². The first-order valence-electron chi connectivity index (χ1n) is 6.66. The molecule has 2 rings (SSSR count). The van der Waals surface area contributed by atoms with E-state index in [0.717, 1.165) is 13.2 Å². The lowest BCUT2D eigenvalue weighted by Gasteiger charge is -2.08. The van der Waals surface area contributed by atoms with Crippen LogP contribution in [0, 0.1) is 20.2 Å². The van der Waals surface area contributed by atoms with Gasteiger partial charge in [-0.15, -0.1) is 0 Å². The van der Waals surface area contributed by atoms with E-state index in [4.69, 9.17) is 4.74 Å². The van der Waals surface area contributed by atoms with Gasteiger partial charge in [0.15, 0.2) is 5.75 Å². The zero-order valence-corrected chi connectivity index (χ0v) is 12.5. The Morgan fingerprint density at radius 2 is 1.71 bits per heavy atom. The van der Waals surface area contributed by atoms with Crippen molar-refractivity contribution in [3.05, 3.63) is 73.8 Å². The fourth-order valence-electron chi connectivity index (χ4n) is 1.99. The Bertz CT molecular complexity index is 804. The molecule has 0 atom stereocenters. The van der Waals surface area contributed by atoms with Gasteiger partial charge in [-0.2, -0.15) is 0 Å². The van der Waals surface area contributed by atoms with Crippen molar-refractivity contribution in [2.24, 2.45) is 0 Å². The summed E-state index contributed by atoms with van der Waals surface area (Å²) in [7, 11) is 1.16. The summed E-state index contributed by atoms with van der Waals surface area (Å²) in [5.41, 5.74) is -0.307. The van der Waals surface area contributed by atoms with E-state index in [1.54, 1.807) is 6.07 Å². The Morgan fingerprint density at radius 3 is 2.33 bits per heavy atom.